The minimum absolute atomic E-state index is 0.0208. The average molecular weight is 312 g/mol. The zero-order valence-corrected chi connectivity index (χ0v) is 13.5. The summed E-state index contributed by atoms with van der Waals surface area (Å²) in [5.74, 6) is 0.345. The van der Waals surface area contributed by atoms with E-state index in [0.717, 1.165) is 5.69 Å². The second-order valence-corrected chi connectivity index (χ2v) is 5.09. The molecule has 2 aromatic carbocycles. The van der Waals surface area contributed by atoms with Crippen LogP contribution in [0.15, 0.2) is 54.6 Å². The molecule has 0 N–H and O–H groups in total. The van der Waals surface area contributed by atoms with E-state index in [-0.39, 0.29) is 18.4 Å². The van der Waals surface area contributed by atoms with E-state index in [4.69, 9.17) is 4.74 Å². The average Bonchev–Trinajstić information content (AvgIpc) is 2.59. The summed E-state index contributed by atoms with van der Waals surface area (Å²) in [5.41, 5.74) is 1.45. The molecule has 0 aliphatic heterocycles. The third kappa shape index (κ3) is 4.10. The molecular weight excluding hydrogens is 292 g/mol. The Balaban J connectivity index is 2.15. The Labute approximate surface area is 136 Å². The van der Waals surface area contributed by atoms with E-state index in [2.05, 4.69) is 0 Å². The van der Waals surface area contributed by atoms with Gasteiger partial charge >= 0.3 is 0 Å². The van der Waals surface area contributed by atoms with Crippen LogP contribution in [0.25, 0.3) is 0 Å². The van der Waals surface area contributed by atoms with Gasteiger partial charge in [0.2, 0.25) is 11.8 Å². The molecule has 0 fully saturated rings. The molecule has 0 saturated heterocycles. The van der Waals surface area contributed by atoms with Crippen LogP contribution >= 0.6 is 0 Å². The van der Waals surface area contributed by atoms with Gasteiger partial charge in [-0.1, -0.05) is 18.2 Å². The normalized spacial score (nSPS) is 10.0. The van der Waals surface area contributed by atoms with Gasteiger partial charge in [0, 0.05) is 25.3 Å². The fraction of sp³-hybridized carbons (Fsp3) is 0.222. The second kappa shape index (κ2) is 7.45. The zero-order valence-electron chi connectivity index (χ0n) is 13.5. The Morgan fingerprint density at radius 2 is 1.57 bits per heavy atom. The van der Waals surface area contributed by atoms with Gasteiger partial charge in [-0.05, 0) is 36.4 Å². The first-order chi connectivity index (χ1) is 11.0. The number of hydrogen-bond acceptors (Lipinski definition) is 3. The van der Waals surface area contributed by atoms with Crippen LogP contribution < -0.4 is 14.5 Å². The Kier molecular flexibility index (Phi) is 5.36. The van der Waals surface area contributed by atoms with Gasteiger partial charge in [-0.2, -0.15) is 0 Å². The molecule has 2 rings (SSSR count). The quantitative estimate of drug-likeness (QED) is 0.853. The molecule has 0 radical (unpaired) electrons. The number of hydrogen-bond donors (Lipinski definition) is 0. The number of nitrogens with zero attached hydrogens (tertiary/aromatic N) is 2. The molecule has 5 nitrogen and oxygen atoms in total. The van der Waals surface area contributed by atoms with Crippen LogP contribution in [0.3, 0.4) is 0 Å². The highest BCUT2D eigenvalue weighted by Gasteiger charge is 2.19. The van der Waals surface area contributed by atoms with Crippen molar-refractivity contribution in [3.63, 3.8) is 0 Å². The van der Waals surface area contributed by atoms with Crippen LogP contribution in [-0.2, 0) is 9.59 Å². The molecule has 0 aromatic heterocycles. The molecule has 23 heavy (non-hydrogen) atoms. The highest BCUT2D eigenvalue weighted by molar-refractivity contribution is 6.02. The number of carbonyl (C=O) groups is 2. The van der Waals surface area contributed by atoms with Gasteiger partial charge in [-0.3, -0.25) is 9.59 Å². The number of anilines is 2. The third-order valence-corrected chi connectivity index (χ3v) is 3.58. The van der Waals surface area contributed by atoms with Gasteiger partial charge in [0.15, 0.2) is 0 Å². The number of methoxy groups -OCH3 is 1. The monoisotopic (exact) mass is 312 g/mol. The van der Waals surface area contributed by atoms with Crippen molar-refractivity contribution < 1.29 is 14.3 Å². The fourth-order valence-electron chi connectivity index (χ4n) is 2.18. The zero-order chi connectivity index (χ0) is 16.8. The molecule has 120 valence electrons. The Morgan fingerprint density at radius 3 is 2.09 bits per heavy atom. The van der Waals surface area contributed by atoms with E-state index in [1.807, 2.05) is 30.3 Å². The Morgan fingerprint density at radius 1 is 0.957 bits per heavy atom. The Hall–Kier alpha value is -2.82. The van der Waals surface area contributed by atoms with Gasteiger partial charge in [0.1, 0.15) is 12.3 Å². The first kappa shape index (κ1) is 16.5. The summed E-state index contributed by atoms with van der Waals surface area (Å²) < 4.78 is 5.11. The van der Waals surface area contributed by atoms with Crippen molar-refractivity contribution >= 4 is 23.2 Å². The van der Waals surface area contributed by atoms with E-state index in [0.29, 0.717) is 11.4 Å². The van der Waals surface area contributed by atoms with Crippen LogP contribution in [0.1, 0.15) is 6.92 Å². The first-order valence-corrected chi connectivity index (χ1v) is 7.26. The van der Waals surface area contributed by atoms with E-state index in [1.54, 1.807) is 43.3 Å². The standard InChI is InChI=1S/C18H20N2O3/c1-14(21)20(16-9-11-17(23-3)12-10-16)13-18(22)19(2)15-7-5-4-6-8-15/h4-12H,13H2,1-3H3. The number of carbonyl (C=O) groups excluding carboxylic acids is 2. The fourth-order valence-corrected chi connectivity index (χ4v) is 2.18. The van der Waals surface area contributed by atoms with E-state index in [1.165, 1.54) is 11.8 Å². The third-order valence-electron chi connectivity index (χ3n) is 3.58. The van der Waals surface area contributed by atoms with Crippen LogP contribution in [0.5, 0.6) is 5.75 Å². The Bertz CT molecular complexity index is 668. The summed E-state index contributed by atoms with van der Waals surface area (Å²) in [6.07, 6.45) is 0. The molecule has 0 atom stereocenters. The van der Waals surface area contributed by atoms with Crippen molar-refractivity contribution in [2.75, 3.05) is 30.5 Å². The smallest absolute Gasteiger partial charge is 0.246 e. The predicted octanol–water partition coefficient (Wildman–Crippen LogP) is 2.71. The summed E-state index contributed by atoms with van der Waals surface area (Å²) in [4.78, 5) is 27.4. The maximum Gasteiger partial charge on any atom is 0.246 e. The molecule has 0 spiro atoms. The summed E-state index contributed by atoms with van der Waals surface area (Å²) in [6.45, 7) is 1.42. The lowest BCUT2D eigenvalue weighted by Crippen LogP contribution is -2.40. The van der Waals surface area contributed by atoms with Crippen molar-refractivity contribution in [3.8, 4) is 5.75 Å². The molecule has 0 unspecified atom stereocenters. The molecule has 0 saturated carbocycles. The van der Waals surface area contributed by atoms with E-state index >= 15 is 0 Å². The summed E-state index contributed by atoms with van der Waals surface area (Å²) in [7, 11) is 3.28. The number of rotatable bonds is 5. The van der Waals surface area contributed by atoms with Crippen molar-refractivity contribution in [1.29, 1.82) is 0 Å². The molecule has 0 heterocycles. The first-order valence-electron chi connectivity index (χ1n) is 7.26. The number of ether oxygens (including phenoxy) is 1. The van der Waals surface area contributed by atoms with Crippen molar-refractivity contribution in [2.45, 2.75) is 6.92 Å². The predicted molar refractivity (Wildman–Crippen MR) is 90.9 cm³/mol. The SMILES string of the molecule is COc1ccc(N(CC(=O)N(C)c2ccccc2)C(C)=O)cc1. The number of amides is 2. The molecule has 0 aliphatic rings. The van der Waals surface area contributed by atoms with Crippen molar-refractivity contribution in [2.24, 2.45) is 0 Å². The summed E-state index contributed by atoms with van der Waals surface area (Å²) in [5, 5.41) is 0. The van der Waals surface area contributed by atoms with Crippen LogP contribution in [0.2, 0.25) is 0 Å². The lowest BCUT2D eigenvalue weighted by molar-refractivity contribution is -0.121. The van der Waals surface area contributed by atoms with Gasteiger partial charge in [-0.25, -0.2) is 0 Å². The van der Waals surface area contributed by atoms with E-state index < -0.39 is 0 Å². The number of likely N-dealkylation sites (N-methyl/N-ethyl adjacent to an activating group) is 1. The van der Waals surface area contributed by atoms with Crippen LogP contribution in [0, 0.1) is 0 Å². The molecule has 5 heteroatoms. The van der Waals surface area contributed by atoms with Crippen molar-refractivity contribution in [1.82, 2.24) is 0 Å². The molecule has 2 amide bonds. The lowest BCUT2D eigenvalue weighted by atomic mass is 10.2. The van der Waals surface area contributed by atoms with E-state index in [9.17, 15) is 9.59 Å². The van der Waals surface area contributed by atoms with Gasteiger partial charge in [0.25, 0.3) is 0 Å². The molecule has 0 aliphatic carbocycles. The van der Waals surface area contributed by atoms with Gasteiger partial charge in [0.05, 0.1) is 7.11 Å². The molecule has 0 bridgehead atoms. The highest BCUT2D eigenvalue weighted by Crippen LogP contribution is 2.20. The van der Waals surface area contributed by atoms with Gasteiger partial charge < -0.3 is 14.5 Å². The van der Waals surface area contributed by atoms with Crippen LogP contribution in [0.4, 0.5) is 11.4 Å². The number of para-hydroxylation sites is 1. The summed E-state index contributed by atoms with van der Waals surface area (Å²) in [6, 6.07) is 16.4. The van der Waals surface area contributed by atoms with Gasteiger partial charge in [-0.15, -0.1) is 0 Å². The van der Waals surface area contributed by atoms with Crippen LogP contribution in [-0.4, -0.2) is 32.5 Å². The lowest BCUT2D eigenvalue weighted by Gasteiger charge is -2.24. The number of benzene rings is 2. The summed E-state index contributed by atoms with van der Waals surface area (Å²) >= 11 is 0. The maximum atomic E-state index is 12.5. The second-order valence-electron chi connectivity index (χ2n) is 5.09. The minimum atomic E-state index is -0.190. The van der Waals surface area contributed by atoms with Crippen molar-refractivity contribution in [3.05, 3.63) is 54.6 Å². The molecular formula is C18H20N2O3. The minimum Gasteiger partial charge on any atom is -0.497 e. The highest BCUT2D eigenvalue weighted by atomic mass is 16.5. The largest absolute Gasteiger partial charge is 0.497 e. The topological polar surface area (TPSA) is 49.9 Å². The molecule has 2 aromatic rings. The maximum absolute atomic E-state index is 12.5.